The molecule has 0 aromatic heterocycles. The first-order valence-corrected chi connectivity index (χ1v) is 12.4. The lowest BCUT2D eigenvalue weighted by Gasteiger charge is -2.16. The minimum atomic E-state index is -4.50. The lowest BCUT2D eigenvalue weighted by Crippen LogP contribution is -2.32. The maximum absolute atomic E-state index is 13.0. The molecule has 1 saturated heterocycles. The summed E-state index contributed by atoms with van der Waals surface area (Å²) >= 11 is 0. The molecule has 1 aliphatic rings. The number of halogens is 3. The van der Waals surface area contributed by atoms with Gasteiger partial charge in [-0.05, 0) is 75.2 Å². The summed E-state index contributed by atoms with van der Waals surface area (Å²) in [5, 5.41) is 0. The number of aliphatic imine (C=N–C) groups is 1. The Morgan fingerprint density at radius 1 is 0.865 bits per heavy atom. The number of ether oxygens (including phenoxy) is 1. The quantitative estimate of drug-likeness (QED) is 0.203. The Morgan fingerprint density at radius 2 is 1.46 bits per heavy atom. The zero-order chi connectivity index (χ0) is 26.8. The number of alkyl halides is 3. The standard InChI is InChI=1S/C28H31F3N2O4/c1-37-23-15-11-20(12-16-23)25(34)7-3-2-4-8-26(35)32-24(19-33-17-5-6-18-33)27(36)21-9-13-22(14-10-21)28(29,30)31/h9-16H,2-8,17-19H2,1H3. The molecule has 37 heavy (non-hydrogen) atoms. The van der Waals surface area contributed by atoms with Gasteiger partial charge in [0.25, 0.3) is 0 Å². The summed E-state index contributed by atoms with van der Waals surface area (Å²) in [6.07, 6.45) is -0.274. The molecule has 0 spiro atoms. The molecule has 1 fully saturated rings. The molecule has 1 amide bonds. The van der Waals surface area contributed by atoms with Crippen molar-refractivity contribution in [3.05, 3.63) is 65.2 Å². The topological polar surface area (TPSA) is 76.0 Å². The number of benzene rings is 2. The van der Waals surface area contributed by atoms with Crippen molar-refractivity contribution in [3.8, 4) is 5.75 Å². The molecular weight excluding hydrogens is 485 g/mol. The van der Waals surface area contributed by atoms with E-state index in [1.165, 1.54) is 0 Å². The SMILES string of the molecule is COc1ccc(C(=O)CCCCCC(=O)N=C(CN2CCCC2)C(=O)c2ccc(C(F)(F)F)cc2)cc1. The molecule has 2 aromatic carbocycles. The van der Waals surface area contributed by atoms with E-state index in [4.69, 9.17) is 4.74 Å². The molecule has 0 atom stereocenters. The number of methoxy groups -OCH3 is 1. The van der Waals surface area contributed by atoms with Gasteiger partial charge in [-0.3, -0.25) is 19.3 Å². The van der Waals surface area contributed by atoms with Crippen LogP contribution in [0.5, 0.6) is 5.75 Å². The third kappa shape index (κ3) is 8.63. The van der Waals surface area contributed by atoms with Crippen LogP contribution < -0.4 is 4.74 Å². The van der Waals surface area contributed by atoms with Crippen LogP contribution in [-0.2, 0) is 11.0 Å². The van der Waals surface area contributed by atoms with Crippen LogP contribution in [0.3, 0.4) is 0 Å². The molecule has 1 aliphatic heterocycles. The Balaban J connectivity index is 1.54. The van der Waals surface area contributed by atoms with Crippen LogP contribution >= 0.6 is 0 Å². The fourth-order valence-electron chi connectivity index (χ4n) is 4.15. The second-order valence-electron chi connectivity index (χ2n) is 9.05. The van der Waals surface area contributed by atoms with E-state index in [1.807, 2.05) is 4.90 Å². The van der Waals surface area contributed by atoms with Crippen molar-refractivity contribution in [2.24, 2.45) is 4.99 Å². The van der Waals surface area contributed by atoms with Crippen LogP contribution in [0, 0.1) is 0 Å². The Kier molecular flexibility index (Phi) is 10.1. The summed E-state index contributed by atoms with van der Waals surface area (Å²) in [6, 6.07) is 10.9. The number of rotatable bonds is 12. The van der Waals surface area contributed by atoms with Crippen molar-refractivity contribution in [1.29, 1.82) is 0 Å². The summed E-state index contributed by atoms with van der Waals surface area (Å²) in [5.74, 6) is -0.298. The van der Waals surface area contributed by atoms with Gasteiger partial charge in [-0.1, -0.05) is 18.6 Å². The Bertz CT molecular complexity index is 1100. The predicted molar refractivity (Wildman–Crippen MR) is 134 cm³/mol. The van der Waals surface area contributed by atoms with Crippen molar-refractivity contribution < 1.29 is 32.3 Å². The number of carbonyl (C=O) groups is 3. The number of ketones is 2. The summed E-state index contributed by atoms with van der Waals surface area (Å²) in [7, 11) is 1.56. The largest absolute Gasteiger partial charge is 0.497 e. The molecule has 0 saturated carbocycles. The van der Waals surface area contributed by atoms with E-state index in [1.54, 1.807) is 31.4 Å². The van der Waals surface area contributed by atoms with E-state index < -0.39 is 23.4 Å². The van der Waals surface area contributed by atoms with Crippen molar-refractivity contribution in [3.63, 3.8) is 0 Å². The van der Waals surface area contributed by atoms with Crippen LogP contribution in [0.15, 0.2) is 53.5 Å². The van der Waals surface area contributed by atoms with E-state index >= 15 is 0 Å². The molecule has 0 unspecified atom stereocenters. The van der Waals surface area contributed by atoms with Gasteiger partial charge in [0, 0.05) is 30.5 Å². The van der Waals surface area contributed by atoms with Gasteiger partial charge in [0.05, 0.1) is 12.7 Å². The van der Waals surface area contributed by atoms with Gasteiger partial charge in [0.2, 0.25) is 11.7 Å². The van der Waals surface area contributed by atoms with Crippen molar-refractivity contribution in [2.45, 2.75) is 51.1 Å². The van der Waals surface area contributed by atoms with Gasteiger partial charge in [-0.2, -0.15) is 13.2 Å². The van der Waals surface area contributed by atoms with E-state index in [2.05, 4.69) is 4.99 Å². The van der Waals surface area contributed by atoms with Gasteiger partial charge >= 0.3 is 6.18 Å². The molecule has 0 N–H and O–H groups in total. The Morgan fingerprint density at radius 3 is 2.05 bits per heavy atom. The van der Waals surface area contributed by atoms with E-state index in [9.17, 15) is 27.6 Å². The number of likely N-dealkylation sites (tertiary alicyclic amines) is 1. The monoisotopic (exact) mass is 516 g/mol. The number of hydrogen-bond donors (Lipinski definition) is 0. The molecule has 1 heterocycles. The lowest BCUT2D eigenvalue weighted by atomic mass is 10.0. The maximum Gasteiger partial charge on any atom is 0.416 e. The molecule has 2 aromatic rings. The Hall–Kier alpha value is -3.33. The van der Waals surface area contributed by atoms with Gasteiger partial charge < -0.3 is 4.74 Å². The highest BCUT2D eigenvalue weighted by molar-refractivity contribution is 6.47. The normalized spacial score (nSPS) is 14.5. The minimum absolute atomic E-state index is 0.0158. The number of carbonyl (C=O) groups excluding carboxylic acids is 3. The first-order chi connectivity index (χ1) is 17.7. The molecular formula is C28H31F3N2O4. The average molecular weight is 517 g/mol. The van der Waals surface area contributed by atoms with Crippen LogP contribution in [0.4, 0.5) is 13.2 Å². The first kappa shape index (κ1) is 28.2. The van der Waals surface area contributed by atoms with Gasteiger partial charge in [-0.15, -0.1) is 0 Å². The average Bonchev–Trinajstić information content (AvgIpc) is 3.40. The molecule has 3 rings (SSSR count). The summed E-state index contributed by atoms with van der Waals surface area (Å²) < 4.78 is 43.7. The maximum atomic E-state index is 13.0. The number of nitrogens with zero attached hydrogens (tertiary/aromatic N) is 2. The fraction of sp³-hybridized carbons (Fsp3) is 0.429. The predicted octanol–water partition coefficient (Wildman–Crippen LogP) is 5.79. The number of unbranched alkanes of at least 4 members (excludes halogenated alkanes) is 2. The second kappa shape index (κ2) is 13.3. The van der Waals surface area contributed by atoms with Gasteiger partial charge in [-0.25, -0.2) is 4.99 Å². The molecule has 6 nitrogen and oxygen atoms in total. The van der Waals surface area contributed by atoms with E-state index in [0.29, 0.717) is 37.0 Å². The minimum Gasteiger partial charge on any atom is -0.497 e. The molecule has 0 aliphatic carbocycles. The first-order valence-electron chi connectivity index (χ1n) is 12.4. The highest BCUT2D eigenvalue weighted by Crippen LogP contribution is 2.29. The fourth-order valence-corrected chi connectivity index (χ4v) is 4.15. The van der Waals surface area contributed by atoms with Crippen LogP contribution in [-0.4, -0.2) is 54.8 Å². The third-order valence-corrected chi connectivity index (χ3v) is 6.27. The van der Waals surface area contributed by atoms with E-state index in [0.717, 1.165) is 50.2 Å². The summed E-state index contributed by atoms with van der Waals surface area (Å²) in [4.78, 5) is 43.9. The van der Waals surface area contributed by atoms with Crippen LogP contribution in [0.25, 0.3) is 0 Å². The zero-order valence-corrected chi connectivity index (χ0v) is 20.9. The summed E-state index contributed by atoms with van der Waals surface area (Å²) in [5.41, 5.74) is -0.129. The lowest BCUT2D eigenvalue weighted by molar-refractivity contribution is -0.137. The highest BCUT2D eigenvalue weighted by Gasteiger charge is 2.30. The highest BCUT2D eigenvalue weighted by atomic mass is 19.4. The van der Waals surface area contributed by atoms with Crippen LogP contribution in [0.1, 0.15) is 71.2 Å². The third-order valence-electron chi connectivity index (χ3n) is 6.27. The second-order valence-corrected chi connectivity index (χ2v) is 9.05. The molecule has 9 heteroatoms. The number of amides is 1. The van der Waals surface area contributed by atoms with Crippen molar-refractivity contribution >= 4 is 23.2 Å². The van der Waals surface area contributed by atoms with Gasteiger partial charge in [0.1, 0.15) is 11.5 Å². The number of hydrogen-bond acceptors (Lipinski definition) is 5. The molecule has 0 bridgehead atoms. The van der Waals surface area contributed by atoms with Crippen molar-refractivity contribution in [1.82, 2.24) is 4.90 Å². The van der Waals surface area contributed by atoms with Crippen molar-refractivity contribution in [2.75, 3.05) is 26.7 Å². The Labute approximate surface area is 214 Å². The van der Waals surface area contributed by atoms with Gasteiger partial charge in [0.15, 0.2) is 5.78 Å². The molecule has 0 radical (unpaired) electrons. The molecule has 198 valence electrons. The summed E-state index contributed by atoms with van der Waals surface area (Å²) in [6.45, 7) is 1.73. The van der Waals surface area contributed by atoms with E-state index in [-0.39, 0.29) is 30.0 Å². The smallest absolute Gasteiger partial charge is 0.416 e. The zero-order valence-electron chi connectivity index (χ0n) is 20.9. The number of Topliss-reactive ketones (excluding diaryl/α,β-unsaturated/α-hetero) is 2. The van der Waals surface area contributed by atoms with Crippen LogP contribution in [0.2, 0.25) is 0 Å².